The number of aryl methyl sites for hydroxylation is 1. The van der Waals surface area contributed by atoms with Gasteiger partial charge in [-0.15, -0.1) is 0 Å². The average Bonchev–Trinajstić information content (AvgIpc) is 2.83. The number of carbonyl (C=O) groups excluding carboxylic acids is 1. The summed E-state index contributed by atoms with van der Waals surface area (Å²) in [6.07, 6.45) is 1.60. The fourth-order valence-electron chi connectivity index (χ4n) is 2.12. The van der Waals surface area contributed by atoms with E-state index in [1.807, 2.05) is 19.1 Å². The standard InChI is InChI=1S/C15H17N5O/c1-3-20(9-12-7-5-4-6-11(12)8-16)15(21)14-13(17)10-19(2)18-14/h4-7,10H,3,9,17H2,1-2H3. The molecule has 0 aliphatic carbocycles. The van der Waals surface area contributed by atoms with Gasteiger partial charge in [-0.1, -0.05) is 18.2 Å². The molecule has 2 N–H and O–H groups in total. The maximum atomic E-state index is 12.5. The summed E-state index contributed by atoms with van der Waals surface area (Å²) in [6.45, 7) is 2.75. The van der Waals surface area contributed by atoms with Gasteiger partial charge in [0.05, 0.1) is 17.3 Å². The van der Waals surface area contributed by atoms with Gasteiger partial charge >= 0.3 is 0 Å². The van der Waals surface area contributed by atoms with Gasteiger partial charge in [0.15, 0.2) is 5.69 Å². The Morgan fingerprint density at radius 2 is 2.19 bits per heavy atom. The molecule has 6 nitrogen and oxygen atoms in total. The van der Waals surface area contributed by atoms with Crippen LogP contribution in [0.2, 0.25) is 0 Å². The molecule has 0 aliphatic rings. The van der Waals surface area contributed by atoms with Crippen molar-refractivity contribution in [1.82, 2.24) is 14.7 Å². The van der Waals surface area contributed by atoms with Gasteiger partial charge in [-0.05, 0) is 18.6 Å². The summed E-state index contributed by atoms with van der Waals surface area (Å²) < 4.78 is 1.51. The lowest BCUT2D eigenvalue weighted by Gasteiger charge is -2.20. The van der Waals surface area contributed by atoms with Crippen LogP contribution in [0.1, 0.15) is 28.5 Å². The fourth-order valence-corrected chi connectivity index (χ4v) is 2.12. The predicted octanol–water partition coefficient (Wildman–Crippen LogP) is 1.54. The number of nitrogens with zero attached hydrogens (tertiary/aromatic N) is 4. The molecule has 0 aliphatic heterocycles. The van der Waals surface area contributed by atoms with Gasteiger partial charge in [0.2, 0.25) is 0 Å². The van der Waals surface area contributed by atoms with Crippen LogP contribution in [0.5, 0.6) is 0 Å². The Morgan fingerprint density at radius 3 is 2.76 bits per heavy atom. The minimum absolute atomic E-state index is 0.233. The Balaban J connectivity index is 2.26. The number of amides is 1. The number of carbonyl (C=O) groups is 1. The van der Waals surface area contributed by atoms with Crippen molar-refractivity contribution in [2.75, 3.05) is 12.3 Å². The first-order valence-corrected chi connectivity index (χ1v) is 6.63. The Bertz CT molecular complexity index is 698. The van der Waals surface area contributed by atoms with E-state index in [-0.39, 0.29) is 11.6 Å². The number of nitrogen functional groups attached to an aromatic ring is 1. The molecule has 0 fully saturated rings. The van der Waals surface area contributed by atoms with Crippen LogP contribution in [0.3, 0.4) is 0 Å². The highest BCUT2D eigenvalue weighted by Gasteiger charge is 2.21. The first-order valence-electron chi connectivity index (χ1n) is 6.63. The van der Waals surface area contributed by atoms with Crippen LogP contribution < -0.4 is 5.73 Å². The quantitative estimate of drug-likeness (QED) is 0.921. The maximum absolute atomic E-state index is 12.5. The maximum Gasteiger partial charge on any atom is 0.276 e. The Morgan fingerprint density at radius 1 is 1.48 bits per heavy atom. The minimum atomic E-state index is -0.233. The van der Waals surface area contributed by atoms with Crippen LogP contribution in [0.25, 0.3) is 0 Å². The lowest BCUT2D eigenvalue weighted by molar-refractivity contribution is 0.0747. The molecule has 0 unspecified atom stereocenters. The van der Waals surface area contributed by atoms with E-state index in [1.54, 1.807) is 30.3 Å². The normalized spacial score (nSPS) is 10.1. The molecule has 108 valence electrons. The molecule has 2 rings (SSSR count). The van der Waals surface area contributed by atoms with Gasteiger partial charge in [0, 0.05) is 26.3 Å². The molecule has 0 bridgehead atoms. The van der Waals surface area contributed by atoms with Crippen LogP contribution >= 0.6 is 0 Å². The lowest BCUT2D eigenvalue weighted by Crippen LogP contribution is -2.31. The lowest BCUT2D eigenvalue weighted by atomic mass is 10.1. The molecule has 1 aromatic heterocycles. The summed E-state index contributed by atoms with van der Waals surface area (Å²) in [7, 11) is 1.72. The van der Waals surface area contributed by atoms with E-state index < -0.39 is 0 Å². The molecule has 0 saturated heterocycles. The van der Waals surface area contributed by atoms with Crippen LogP contribution in [-0.2, 0) is 13.6 Å². The zero-order valence-electron chi connectivity index (χ0n) is 12.1. The number of aromatic nitrogens is 2. The van der Waals surface area contributed by atoms with E-state index in [0.29, 0.717) is 24.3 Å². The molecule has 0 radical (unpaired) electrons. The molecular formula is C15H17N5O. The van der Waals surface area contributed by atoms with Gasteiger partial charge in [0.1, 0.15) is 0 Å². The van der Waals surface area contributed by atoms with E-state index >= 15 is 0 Å². The van der Waals surface area contributed by atoms with Crippen molar-refractivity contribution in [2.24, 2.45) is 7.05 Å². The largest absolute Gasteiger partial charge is 0.396 e. The van der Waals surface area contributed by atoms with Crippen molar-refractivity contribution in [3.63, 3.8) is 0 Å². The highest BCUT2D eigenvalue weighted by Crippen LogP contribution is 2.16. The van der Waals surface area contributed by atoms with Gasteiger partial charge < -0.3 is 10.6 Å². The molecule has 1 aromatic carbocycles. The van der Waals surface area contributed by atoms with Gasteiger partial charge in [-0.25, -0.2) is 0 Å². The van der Waals surface area contributed by atoms with Gasteiger partial charge in [-0.2, -0.15) is 10.4 Å². The van der Waals surface area contributed by atoms with E-state index in [4.69, 9.17) is 11.0 Å². The summed E-state index contributed by atoms with van der Waals surface area (Å²) in [5, 5.41) is 13.2. The van der Waals surface area contributed by atoms with Crippen molar-refractivity contribution < 1.29 is 4.79 Å². The van der Waals surface area contributed by atoms with E-state index in [9.17, 15) is 4.79 Å². The number of anilines is 1. The topological polar surface area (TPSA) is 87.9 Å². The van der Waals surface area contributed by atoms with E-state index in [2.05, 4.69) is 11.2 Å². The number of nitrogens with two attached hydrogens (primary N) is 1. The van der Waals surface area contributed by atoms with Gasteiger partial charge in [-0.3, -0.25) is 9.48 Å². The van der Waals surface area contributed by atoms with Crippen molar-refractivity contribution >= 4 is 11.6 Å². The highest BCUT2D eigenvalue weighted by molar-refractivity contribution is 5.97. The van der Waals surface area contributed by atoms with E-state index in [1.165, 1.54) is 4.68 Å². The van der Waals surface area contributed by atoms with Crippen molar-refractivity contribution in [1.29, 1.82) is 5.26 Å². The van der Waals surface area contributed by atoms with Crippen LogP contribution in [0.4, 0.5) is 5.69 Å². The first-order chi connectivity index (χ1) is 10.1. The van der Waals surface area contributed by atoms with Crippen molar-refractivity contribution in [3.05, 3.63) is 47.3 Å². The minimum Gasteiger partial charge on any atom is -0.396 e. The second kappa shape index (κ2) is 6.09. The summed E-state index contributed by atoms with van der Waals surface area (Å²) in [5.74, 6) is -0.233. The van der Waals surface area contributed by atoms with Gasteiger partial charge in [0.25, 0.3) is 5.91 Å². The predicted molar refractivity (Wildman–Crippen MR) is 79.2 cm³/mol. The summed E-state index contributed by atoms with van der Waals surface area (Å²) in [6, 6.07) is 9.37. The van der Waals surface area contributed by atoms with Crippen molar-refractivity contribution in [3.8, 4) is 6.07 Å². The third-order valence-corrected chi connectivity index (χ3v) is 3.23. The first kappa shape index (κ1) is 14.6. The molecule has 21 heavy (non-hydrogen) atoms. The number of benzene rings is 1. The third-order valence-electron chi connectivity index (χ3n) is 3.23. The zero-order valence-corrected chi connectivity index (χ0v) is 12.1. The molecule has 1 amide bonds. The smallest absolute Gasteiger partial charge is 0.276 e. The molecular weight excluding hydrogens is 266 g/mol. The molecule has 0 atom stereocenters. The number of hydrogen-bond acceptors (Lipinski definition) is 4. The summed E-state index contributed by atoms with van der Waals surface area (Å²) in [5.41, 5.74) is 7.78. The molecule has 0 saturated carbocycles. The fraction of sp³-hybridized carbons (Fsp3) is 0.267. The number of rotatable bonds is 4. The number of nitriles is 1. The molecule has 0 spiro atoms. The second-order valence-corrected chi connectivity index (χ2v) is 4.69. The SMILES string of the molecule is CCN(Cc1ccccc1C#N)C(=O)c1nn(C)cc1N. The molecule has 6 heteroatoms. The summed E-state index contributed by atoms with van der Waals surface area (Å²) in [4.78, 5) is 14.1. The third kappa shape index (κ3) is 3.03. The molecule has 1 heterocycles. The van der Waals surface area contributed by atoms with Crippen LogP contribution in [-0.4, -0.2) is 27.1 Å². The zero-order chi connectivity index (χ0) is 15.4. The Labute approximate surface area is 123 Å². The Kier molecular flexibility index (Phi) is 4.24. The van der Waals surface area contributed by atoms with Crippen LogP contribution in [0, 0.1) is 11.3 Å². The Hall–Kier alpha value is -2.81. The number of hydrogen-bond donors (Lipinski definition) is 1. The monoisotopic (exact) mass is 283 g/mol. The van der Waals surface area contributed by atoms with Crippen LogP contribution in [0.15, 0.2) is 30.5 Å². The highest BCUT2D eigenvalue weighted by atomic mass is 16.2. The van der Waals surface area contributed by atoms with E-state index in [0.717, 1.165) is 5.56 Å². The summed E-state index contributed by atoms with van der Waals surface area (Å²) >= 11 is 0. The second-order valence-electron chi connectivity index (χ2n) is 4.69. The average molecular weight is 283 g/mol. The molecule has 2 aromatic rings. The van der Waals surface area contributed by atoms with Crippen molar-refractivity contribution in [2.45, 2.75) is 13.5 Å².